The van der Waals surface area contributed by atoms with Gasteiger partial charge in [-0.1, -0.05) is 12.1 Å². The highest BCUT2D eigenvalue weighted by Crippen LogP contribution is 2.31. The topological polar surface area (TPSA) is 70.7 Å². The fourth-order valence-electron chi connectivity index (χ4n) is 3.35. The molecule has 1 fully saturated rings. The zero-order valence-electron chi connectivity index (χ0n) is 16.6. The third-order valence-electron chi connectivity index (χ3n) is 4.91. The number of methoxy groups -OCH3 is 1. The van der Waals surface area contributed by atoms with E-state index in [-0.39, 0.29) is 29.5 Å². The zero-order chi connectivity index (χ0) is 22.6. The molecular formula is C21H21F4N3O3. The van der Waals surface area contributed by atoms with Crippen LogP contribution in [0.5, 0.6) is 5.75 Å². The molecule has 1 aliphatic rings. The number of carbonyl (C=O) groups is 2. The molecule has 0 aromatic heterocycles. The van der Waals surface area contributed by atoms with E-state index < -0.39 is 29.6 Å². The van der Waals surface area contributed by atoms with Crippen LogP contribution < -0.4 is 15.4 Å². The summed E-state index contributed by atoms with van der Waals surface area (Å²) < 4.78 is 58.1. The monoisotopic (exact) mass is 439 g/mol. The molecule has 0 saturated carbocycles. The predicted molar refractivity (Wildman–Crippen MR) is 105 cm³/mol. The molecule has 2 aromatic carbocycles. The molecule has 166 valence electrons. The van der Waals surface area contributed by atoms with E-state index in [4.69, 9.17) is 4.74 Å². The second kappa shape index (κ2) is 9.23. The Labute approximate surface area is 176 Å². The number of hydrogen-bond donors (Lipinski definition) is 2. The van der Waals surface area contributed by atoms with E-state index in [0.717, 1.165) is 18.2 Å². The van der Waals surface area contributed by atoms with Gasteiger partial charge in [0.05, 0.1) is 18.7 Å². The first-order valence-corrected chi connectivity index (χ1v) is 9.53. The van der Waals surface area contributed by atoms with Crippen molar-refractivity contribution in [2.45, 2.75) is 25.1 Å². The number of nitrogens with one attached hydrogen (secondary N) is 2. The Kier molecular flexibility index (Phi) is 6.67. The summed E-state index contributed by atoms with van der Waals surface area (Å²) in [6.45, 7) is 0.478. The van der Waals surface area contributed by atoms with Gasteiger partial charge in [-0.05, 0) is 36.2 Å². The van der Waals surface area contributed by atoms with Crippen LogP contribution in [0.25, 0.3) is 0 Å². The number of amides is 3. The SMILES string of the molecule is COc1ccc(NC(=O)N[C@@H](CN2CCCC2=O)c2cccc(C(F)(F)F)c2)cc1F. The number of likely N-dealkylation sites (tertiary alicyclic amines) is 1. The molecule has 1 heterocycles. The van der Waals surface area contributed by atoms with Gasteiger partial charge in [-0.3, -0.25) is 4.79 Å². The van der Waals surface area contributed by atoms with Gasteiger partial charge in [0.1, 0.15) is 0 Å². The van der Waals surface area contributed by atoms with Gasteiger partial charge in [0, 0.05) is 31.3 Å². The maximum Gasteiger partial charge on any atom is 0.416 e. The van der Waals surface area contributed by atoms with Crippen molar-refractivity contribution in [1.29, 1.82) is 0 Å². The smallest absolute Gasteiger partial charge is 0.416 e. The molecular weight excluding hydrogens is 418 g/mol. The standard InChI is InChI=1S/C21H21F4N3O3/c1-31-18-8-7-15(11-16(18)22)26-20(30)27-17(12-28-9-3-6-19(28)29)13-4-2-5-14(10-13)21(23,24)25/h2,4-5,7-8,10-11,17H,3,6,9,12H2,1H3,(H2,26,27,30)/t17-/m0/s1. The average molecular weight is 439 g/mol. The molecule has 1 atom stereocenters. The summed E-state index contributed by atoms with van der Waals surface area (Å²) in [6.07, 6.45) is -3.55. The molecule has 3 amide bonds. The Balaban J connectivity index is 1.80. The predicted octanol–water partition coefficient (Wildman–Crippen LogP) is 4.34. The summed E-state index contributed by atoms with van der Waals surface area (Å²) in [5, 5.41) is 5.03. The Hall–Kier alpha value is -3.30. The van der Waals surface area contributed by atoms with Crippen LogP contribution in [-0.2, 0) is 11.0 Å². The molecule has 1 aliphatic heterocycles. The summed E-state index contributed by atoms with van der Waals surface area (Å²) in [5.41, 5.74) is -0.524. The fourth-order valence-corrected chi connectivity index (χ4v) is 3.35. The molecule has 10 heteroatoms. The Morgan fingerprint density at radius 3 is 2.61 bits per heavy atom. The Morgan fingerprint density at radius 2 is 2.00 bits per heavy atom. The van der Waals surface area contributed by atoms with E-state index in [1.54, 1.807) is 0 Å². The van der Waals surface area contributed by atoms with Crippen molar-refractivity contribution in [3.05, 3.63) is 59.4 Å². The lowest BCUT2D eigenvalue weighted by atomic mass is 10.0. The third kappa shape index (κ3) is 5.65. The van der Waals surface area contributed by atoms with Crippen molar-refractivity contribution < 1.29 is 31.9 Å². The van der Waals surface area contributed by atoms with Crippen LogP contribution >= 0.6 is 0 Å². The van der Waals surface area contributed by atoms with Gasteiger partial charge in [-0.25, -0.2) is 9.18 Å². The van der Waals surface area contributed by atoms with Crippen molar-refractivity contribution in [3.8, 4) is 5.75 Å². The van der Waals surface area contributed by atoms with Gasteiger partial charge in [-0.15, -0.1) is 0 Å². The first kappa shape index (κ1) is 22.4. The number of halogens is 4. The van der Waals surface area contributed by atoms with Gasteiger partial charge in [0.15, 0.2) is 11.6 Å². The highest BCUT2D eigenvalue weighted by molar-refractivity contribution is 5.89. The van der Waals surface area contributed by atoms with Crippen LogP contribution in [0.15, 0.2) is 42.5 Å². The molecule has 0 bridgehead atoms. The number of rotatable bonds is 6. The summed E-state index contributed by atoms with van der Waals surface area (Å²) in [7, 11) is 1.30. The largest absolute Gasteiger partial charge is 0.494 e. The Bertz CT molecular complexity index is 965. The Morgan fingerprint density at radius 1 is 1.23 bits per heavy atom. The molecule has 0 aliphatic carbocycles. The molecule has 6 nitrogen and oxygen atoms in total. The maximum atomic E-state index is 13.9. The quantitative estimate of drug-likeness (QED) is 0.658. The van der Waals surface area contributed by atoms with Crippen LogP contribution in [0, 0.1) is 5.82 Å². The normalized spacial score (nSPS) is 15.0. The fraction of sp³-hybridized carbons (Fsp3) is 0.333. The lowest BCUT2D eigenvalue weighted by molar-refractivity contribution is -0.137. The van der Waals surface area contributed by atoms with Crippen molar-refractivity contribution in [2.75, 3.05) is 25.5 Å². The van der Waals surface area contributed by atoms with E-state index in [0.29, 0.717) is 19.4 Å². The van der Waals surface area contributed by atoms with E-state index in [1.165, 1.54) is 36.3 Å². The summed E-state index contributed by atoms with van der Waals surface area (Å²) in [5.74, 6) is -0.811. The van der Waals surface area contributed by atoms with E-state index >= 15 is 0 Å². The van der Waals surface area contributed by atoms with Crippen molar-refractivity contribution in [1.82, 2.24) is 10.2 Å². The molecule has 3 rings (SSSR count). The van der Waals surface area contributed by atoms with Crippen molar-refractivity contribution in [2.24, 2.45) is 0 Å². The number of ether oxygens (including phenoxy) is 1. The van der Waals surface area contributed by atoms with Crippen molar-refractivity contribution >= 4 is 17.6 Å². The number of anilines is 1. The van der Waals surface area contributed by atoms with Gasteiger partial charge in [-0.2, -0.15) is 13.2 Å². The summed E-state index contributed by atoms with van der Waals surface area (Å²) >= 11 is 0. The van der Waals surface area contributed by atoms with E-state index in [2.05, 4.69) is 10.6 Å². The first-order chi connectivity index (χ1) is 14.7. The van der Waals surface area contributed by atoms with Gasteiger partial charge < -0.3 is 20.3 Å². The van der Waals surface area contributed by atoms with Crippen LogP contribution in [0.3, 0.4) is 0 Å². The second-order valence-electron chi connectivity index (χ2n) is 7.07. The lowest BCUT2D eigenvalue weighted by Crippen LogP contribution is -2.40. The number of nitrogens with zero attached hydrogens (tertiary/aromatic N) is 1. The molecule has 0 spiro atoms. The lowest BCUT2D eigenvalue weighted by Gasteiger charge is -2.26. The number of hydrogen-bond acceptors (Lipinski definition) is 3. The molecule has 1 saturated heterocycles. The van der Waals surface area contributed by atoms with Crippen molar-refractivity contribution in [3.63, 3.8) is 0 Å². The van der Waals surface area contributed by atoms with Gasteiger partial charge in [0.25, 0.3) is 0 Å². The van der Waals surface area contributed by atoms with Crippen LogP contribution in [0.2, 0.25) is 0 Å². The van der Waals surface area contributed by atoms with Crippen LogP contribution in [0.1, 0.15) is 30.0 Å². The number of urea groups is 1. The van der Waals surface area contributed by atoms with Crippen LogP contribution in [-0.4, -0.2) is 37.0 Å². The minimum Gasteiger partial charge on any atom is -0.494 e. The van der Waals surface area contributed by atoms with Crippen LogP contribution in [0.4, 0.5) is 28.0 Å². The molecule has 2 N–H and O–H groups in total. The minimum atomic E-state index is -4.55. The number of carbonyl (C=O) groups excluding carboxylic acids is 2. The summed E-state index contributed by atoms with van der Waals surface area (Å²) in [6, 6.07) is 6.74. The minimum absolute atomic E-state index is 0.000320. The maximum absolute atomic E-state index is 13.9. The third-order valence-corrected chi connectivity index (χ3v) is 4.91. The average Bonchev–Trinajstić information content (AvgIpc) is 3.11. The zero-order valence-corrected chi connectivity index (χ0v) is 16.6. The molecule has 31 heavy (non-hydrogen) atoms. The highest BCUT2D eigenvalue weighted by atomic mass is 19.4. The summed E-state index contributed by atoms with van der Waals surface area (Å²) in [4.78, 5) is 26.0. The van der Waals surface area contributed by atoms with E-state index in [1.807, 2.05) is 0 Å². The molecule has 2 aromatic rings. The molecule has 0 unspecified atom stereocenters. The van der Waals surface area contributed by atoms with Gasteiger partial charge >= 0.3 is 12.2 Å². The number of benzene rings is 2. The highest BCUT2D eigenvalue weighted by Gasteiger charge is 2.32. The molecule has 0 radical (unpaired) electrons. The van der Waals surface area contributed by atoms with E-state index in [9.17, 15) is 27.2 Å². The second-order valence-corrected chi connectivity index (χ2v) is 7.07. The number of alkyl halides is 3. The first-order valence-electron chi connectivity index (χ1n) is 9.53. The van der Waals surface area contributed by atoms with Gasteiger partial charge in [0.2, 0.25) is 5.91 Å².